The number of pyridine rings is 1. The van der Waals surface area contributed by atoms with Gasteiger partial charge in [0.15, 0.2) is 0 Å². The summed E-state index contributed by atoms with van der Waals surface area (Å²) in [5.74, 6) is -0.474. The molecule has 0 radical (unpaired) electrons. The lowest BCUT2D eigenvalue weighted by molar-refractivity contribution is -0.274. The molecule has 0 aliphatic carbocycles. The summed E-state index contributed by atoms with van der Waals surface area (Å²) in [4.78, 5) is 16.8. The molecule has 1 aromatic carbocycles. The molecule has 2 heterocycles. The first-order valence-corrected chi connectivity index (χ1v) is 11.1. The molecule has 0 bridgehead atoms. The predicted octanol–water partition coefficient (Wildman–Crippen LogP) is 5.76. The van der Waals surface area contributed by atoms with Gasteiger partial charge in [0, 0.05) is 24.9 Å². The van der Waals surface area contributed by atoms with E-state index in [2.05, 4.69) is 9.30 Å². The van der Waals surface area contributed by atoms with Crippen molar-refractivity contribution in [3.05, 3.63) is 41.6 Å². The monoisotopic (exact) mass is 494 g/mol. The van der Waals surface area contributed by atoms with E-state index in [0.717, 1.165) is 28.6 Å². The third-order valence-corrected chi connectivity index (χ3v) is 5.65. The van der Waals surface area contributed by atoms with Gasteiger partial charge in [0.2, 0.25) is 0 Å². The normalized spacial score (nSPS) is 12.6. The number of ether oxygens (including phenoxy) is 4. The van der Waals surface area contributed by atoms with Crippen LogP contribution in [-0.2, 0) is 14.3 Å². The molecule has 0 aliphatic rings. The number of rotatable bonds is 10. The number of alkyl halides is 3. The van der Waals surface area contributed by atoms with Gasteiger partial charge >= 0.3 is 12.3 Å². The van der Waals surface area contributed by atoms with Gasteiger partial charge in [-0.15, -0.1) is 13.2 Å². The van der Waals surface area contributed by atoms with Crippen molar-refractivity contribution in [2.24, 2.45) is 0 Å². The first-order valence-electron chi connectivity index (χ1n) is 11.1. The minimum atomic E-state index is -4.80. The first kappa shape index (κ1) is 26.3. The van der Waals surface area contributed by atoms with Gasteiger partial charge in [0.1, 0.15) is 18.1 Å². The van der Waals surface area contributed by atoms with Crippen molar-refractivity contribution in [2.45, 2.75) is 46.0 Å². The lowest BCUT2D eigenvalue weighted by atomic mass is 10.0. The van der Waals surface area contributed by atoms with Crippen LogP contribution in [0.5, 0.6) is 11.5 Å². The Morgan fingerprint density at radius 3 is 2.51 bits per heavy atom. The molecule has 0 fully saturated rings. The van der Waals surface area contributed by atoms with Crippen LogP contribution in [0.4, 0.5) is 13.2 Å². The van der Waals surface area contributed by atoms with E-state index in [9.17, 15) is 18.0 Å². The van der Waals surface area contributed by atoms with E-state index in [-0.39, 0.29) is 36.5 Å². The number of aromatic nitrogens is 2. The Morgan fingerprint density at radius 1 is 1.14 bits per heavy atom. The topological polar surface area (TPSA) is 71.8 Å². The molecule has 0 N–H and O–H groups in total. The summed E-state index contributed by atoms with van der Waals surface area (Å²) in [6.07, 6.45) is -1.91. The van der Waals surface area contributed by atoms with Crippen LogP contribution in [0.15, 0.2) is 30.5 Å². The number of halogens is 3. The number of fused-ring (bicyclic) bond motifs is 1. The van der Waals surface area contributed by atoms with Crippen molar-refractivity contribution >= 4 is 17.0 Å². The third kappa shape index (κ3) is 6.25. The highest BCUT2D eigenvalue weighted by molar-refractivity contribution is 5.85. The highest BCUT2D eigenvalue weighted by Crippen LogP contribution is 2.37. The fraction of sp³-hybridized carbons (Fsp3) is 0.440. The molecule has 7 nitrogen and oxygen atoms in total. The minimum Gasteiger partial charge on any atom is -0.496 e. The summed E-state index contributed by atoms with van der Waals surface area (Å²) in [5, 5.41) is 0. The van der Waals surface area contributed by atoms with E-state index in [0.29, 0.717) is 17.9 Å². The molecule has 35 heavy (non-hydrogen) atoms. The lowest BCUT2D eigenvalue weighted by Gasteiger charge is -2.19. The van der Waals surface area contributed by atoms with Crippen molar-refractivity contribution in [1.29, 1.82) is 0 Å². The van der Waals surface area contributed by atoms with Crippen LogP contribution < -0.4 is 9.47 Å². The van der Waals surface area contributed by atoms with E-state index < -0.39 is 6.36 Å². The number of methoxy groups -OCH3 is 2. The summed E-state index contributed by atoms with van der Waals surface area (Å²) in [6.45, 7) is 6.34. The van der Waals surface area contributed by atoms with Crippen LogP contribution in [0.1, 0.15) is 36.9 Å². The van der Waals surface area contributed by atoms with Crippen molar-refractivity contribution < 1.29 is 36.9 Å². The maximum atomic E-state index is 12.6. The Bertz CT molecular complexity index is 1190. The number of benzene rings is 1. The molecule has 0 amide bonds. The summed E-state index contributed by atoms with van der Waals surface area (Å²) >= 11 is 0. The van der Waals surface area contributed by atoms with Crippen LogP contribution in [-0.4, -0.2) is 49.3 Å². The zero-order valence-corrected chi connectivity index (χ0v) is 20.4. The second kappa shape index (κ2) is 11.0. The van der Waals surface area contributed by atoms with E-state index in [1.54, 1.807) is 0 Å². The summed E-state index contributed by atoms with van der Waals surface area (Å²) in [5.41, 5.74) is 4.49. The maximum Gasteiger partial charge on any atom is 0.573 e. The second-order valence-electron chi connectivity index (χ2n) is 8.14. The lowest BCUT2D eigenvalue weighted by Crippen LogP contribution is -2.18. The van der Waals surface area contributed by atoms with Gasteiger partial charge in [0.05, 0.1) is 42.9 Å². The van der Waals surface area contributed by atoms with Gasteiger partial charge < -0.3 is 23.5 Å². The SMILES string of the molecule is CC[C@@H](COC(=O)CCOC)n1cc(C)c2nc(-c3ccc(OC(F)(F)F)cc3OC)c(C)cc21. The van der Waals surface area contributed by atoms with Crippen molar-refractivity contribution in [3.63, 3.8) is 0 Å². The number of esters is 1. The van der Waals surface area contributed by atoms with E-state index in [1.807, 2.05) is 33.0 Å². The number of hydrogen-bond acceptors (Lipinski definition) is 6. The molecule has 1 atom stereocenters. The molecular weight excluding hydrogens is 465 g/mol. The average molecular weight is 495 g/mol. The average Bonchev–Trinajstić information content (AvgIpc) is 3.11. The quantitative estimate of drug-likeness (QED) is 0.334. The molecule has 10 heteroatoms. The zero-order chi connectivity index (χ0) is 25.8. The van der Waals surface area contributed by atoms with Gasteiger partial charge in [0.25, 0.3) is 0 Å². The Kier molecular flexibility index (Phi) is 8.26. The largest absolute Gasteiger partial charge is 0.573 e. The van der Waals surface area contributed by atoms with Crippen LogP contribution in [0.25, 0.3) is 22.3 Å². The highest BCUT2D eigenvalue weighted by Gasteiger charge is 2.31. The maximum absolute atomic E-state index is 12.6. The summed E-state index contributed by atoms with van der Waals surface area (Å²) in [7, 11) is 2.91. The van der Waals surface area contributed by atoms with Crippen LogP contribution in [0.3, 0.4) is 0 Å². The molecule has 190 valence electrons. The predicted molar refractivity (Wildman–Crippen MR) is 125 cm³/mol. The van der Waals surface area contributed by atoms with Gasteiger partial charge in [-0.3, -0.25) is 4.79 Å². The van der Waals surface area contributed by atoms with Gasteiger partial charge in [-0.1, -0.05) is 6.92 Å². The van der Waals surface area contributed by atoms with E-state index in [1.165, 1.54) is 32.4 Å². The zero-order valence-electron chi connectivity index (χ0n) is 20.4. The minimum absolute atomic E-state index is 0.0851. The Balaban J connectivity index is 1.97. The first-order chi connectivity index (χ1) is 16.6. The number of hydrogen-bond donors (Lipinski definition) is 0. The fourth-order valence-corrected chi connectivity index (χ4v) is 3.91. The fourth-order valence-electron chi connectivity index (χ4n) is 3.91. The Labute approximate surface area is 201 Å². The molecule has 0 saturated heterocycles. The van der Waals surface area contributed by atoms with Gasteiger partial charge in [-0.25, -0.2) is 4.98 Å². The van der Waals surface area contributed by atoms with Crippen molar-refractivity contribution in [3.8, 4) is 22.8 Å². The van der Waals surface area contributed by atoms with E-state index >= 15 is 0 Å². The van der Waals surface area contributed by atoms with Crippen LogP contribution in [0, 0.1) is 13.8 Å². The van der Waals surface area contributed by atoms with Gasteiger partial charge in [-0.2, -0.15) is 0 Å². The van der Waals surface area contributed by atoms with Crippen LogP contribution in [0.2, 0.25) is 0 Å². The Morgan fingerprint density at radius 2 is 1.89 bits per heavy atom. The summed E-state index contributed by atoms with van der Waals surface area (Å²) < 4.78 is 59.6. The Hall–Kier alpha value is -3.27. The molecular formula is C25H29F3N2O5. The smallest absolute Gasteiger partial charge is 0.496 e. The molecule has 0 saturated carbocycles. The number of carbonyl (C=O) groups is 1. The number of aryl methyl sites for hydroxylation is 2. The second-order valence-corrected chi connectivity index (χ2v) is 8.14. The molecule has 3 aromatic rings. The molecule has 3 rings (SSSR count). The molecule has 0 spiro atoms. The van der Waals surface area contributed by atoms with Gasteiger partial charge in [-0.05, 0) is 49.6 Å². The summed E-state index contributed by atoms with van der Waals surface area (Å²) in [6, 6.07) is 5.82. The highest BCUT2D eigenvalue weighted by atomic mass is 19.4. The molecule has 0 aliphatic heterocycles. The molecule has 0 unspecified atom stereocenters. The molecule has 2 aromatic heterocycles. The van der Waals surface area contributed by atoms with Crippen molar-refractivity contribution in [1.82, 2.24) is 9.55 Å². The van der Waals surface area contributed by atoms with Crippen LogP contribution >= 0.6 is 0 Å². The van der Waals surface area contributed by atoms with Crippen molar-refractivity contribution in [2.75, 3.05) is 27.4 Å². The third-order valence-electron chi connectivity index (χ3n) is 5.65. The standard InChI is InChI=1S/C25H29F3N2O5/c1-6-17(14-34-22(31)9-10-32-4)30-13-16(3)24-20(30)11-15(2)23(29-24)19-8-7-18(12-21(19)33-5)35-25(26,27)28/h7-8,11-13,17H,6,9-10,14H2,1-5H3/t17-/m0/s1. The number of nitrogens with zero attached hydrogens (tertiary/aromatic N) is 2. The van der Waals surface area contributed by atoms with E-state index in [4.69, 9.17) is 19.2 Å². The number of carbonyl (C=O) groups excluding carboxylic acids is 1.